The minimum absolute atomic E-state index is 0.303. The van der Waals surface area contributed by atoms with E-state index >= 15 is 0 Å². The van der Waals surface area contributed by atoms with E-state index in [9.17, 15) is 0 Å². The molecule has 1 aliphatic rings. The van der Waals surface area contributed by atoms with Gasteiger partial charge in [0.2, 0.25) is 0 Å². The van der Waals surface area contributed by atoms with E-state index in [0.29, 0.717) is 12.5 Å². The second-order valence-corrected chi connectivity index (χ2v) is 5.65. The average Bonchev–Trinajstić information content (AvgIpc) is 2.97. The van der Waals surface area contributed by atoms with E-state index in [4.69, 9.17) is 9.72 Å². The van der Waals surface area contributed by atoms with Crippen molar-refractivity contribution in [3.05, 3.63) is 59.4 Å². The normalized spacial score (nSPS) is 17.5. The Morgan fingerprint density at radius 2 is 2.14 bits per heavy atom. The number of rotatable bonds is 2. The maximum Gasteiger partial charge on any atom is 0.122 e. The van der Waals surface area contributed by atoms with Crippen molar-refractivity contribution in [3.63, 3.8) is 0 Å². The van der Waals surface area contributed by atoms with E-state index in [1.165, 1.54) is 11.1 Å². The molecule has 3 nitrogen and oxygen atoms in total. The van der Waals surface area contributed by atoms with Crippen molar-refractivity contribution >= 4 is 11.0 Å². The highest BCUT2D eigenvalue weighted by Crippen LogP contribution is 2.31. The van der Waals surface area contributed by atoms with E-state index in [1.807, 2.05) is 12.1 Å². The summed E-state index contributed by atoms with van der Waals surface area (Å²) in [4.78, 5) is 8.23. The number of aromatic nitrogens is 2. The first-order valence-electron chi connectivity index (χ1n) is 7.52. The highest BCUT2D eigenvalue weighted by atomic mass is 16.5. The van der Waals surface area contributed by atoms with Gasteiger partial charge in [-0.05, 0) is 42.2 Å². The molecular weight excluding hydrogens is 260 g/mol. The smallest absolute Gasteiger partial charge is 0.122 e. The minimum Gasteiger partial charge on any atom is -0.493 e. The minimum atomic E-state index is 0.303. The van der Waals surface area contributed by atoms with Crippen LogP contribution in [-0.2, 0) is 12.8 Å². The Balaban J connectivity index is 1.68. The van der Waals surface area contributed by atoms with Crippen LogP contribution in [0.3, 0.4) is 0 Å². The Kier molecular flexibility index (Phi) is 2.92. The van der Waals surface area contributed by atoms with Crippen molar-refractivity contribution in [2.24, 2.45) is 0 Å². The molecule has 1 atom stereocenters. The molecule has 1 unspecified atom stereocenters. The molecule has 106 valence electrons. The van der Waals surface area contributed by atoms with Crippen LogP contribution in [0.1, 0.15) is 29.8 Å². The van der Waals surface area contributed by atoms with Gasteiger partial charge in [-0.3, -0.25) is 0 Å². The molecule has 0 spiro atoms. The fraction of sp³-hybridized carbons (Fsp3) is 0.278. The van der Waals surface area contributed by atoms with Crippen molar-refractivity contribution in [2.75, 3.05) is 6.61 Å². The zero-order valence-electron chi connectivity index (χ0n) is 12.1. The van der Waals surface area contributed by atoms with Crippen molar-refractivity contribution < 1.29 is 4.74 Å². The predicted octanol–water partition coefficient (Wildman–Crippen LogP) is 3.84. The number of nitrogens with zero attached hydrogens (tertiary/aromatic N) is 1. The topological polar surface area (TPSA) is 37.9 Å². The zero-order valence-corrected chi connectivity index (χ0v) is 12.1. The number of hydrogen-bond acceptors (Lipinski definition) is 2. The van der Waals surface area contributed by atoms with Crippen LogP contribution in [0.4, 0.5) is 0 Å². The monoisotopic (exact) mass is 278 g/mol. The molecule has 2 aromatic carbocycles. The van der Waals surface area contributed by atoms with Crippen LogP contribution in [0.2, 0.25) is 0 Å². The second-order valence-electron chi connectivity index (χ2n) is 5.65. The number of hydrogen-bond donors (Lipinski definition) is 1. The fourth-order valence-electron chi connectivity index (χ4n) is 2.99. The summed E-state index contributed by atoms with van der Waals surface area (Å²) in [7, 11) is 0. The maximum atomic E-state index is 5.87. The van der Waals surface area contributed by atoms with Gasteiger partial charge in [-0.15, -0.1) is 0 Å². The van der Waals surface area contributed by atoms with Crippen LogP contribution in [0, 0.1) is 0 Å². The summed E-state index contributed by atoms with van der Waals surface area (Å²) in [5, 5.41) is 0. The quantitative estimate of drug-likeness (QED) is 0.773. The van der Waals surface area contributed by atoms with Crippen LogP contribution in [-0.4, -0.2) is 16.6 Å². The van der Waals surface area contributed by atoms with Gasteiger partial charge in [0.05, 0.1) is 23.6 Å². The lowest BCUT2D eigenvalue weighted by atomic mass is 9.96. The van der Waals surface area contributed by atoms with E-state index < -0.39 is 0 Å². The molecule has 0 saturated carbocycles. The molecule has 2 heterocycles. The molecule has 21 heavy (non-hydrogen) atoms. The number of H-pyrrole nitrogens is 1. The van der Waals surface area contributed by atoms with Gasteiger partial charge < -0.3 is 9.72 Å². The molecule has 0 fully saturated rings. The lowest BCUT2D eigenvalue weighted by Gasteiger charge is -2.23. The SMILES string of the molecule is CCc1ccc2nc(C3COc4ccccc4C3)[nH]c2c1. The third-order valence-electron chi connectivity index (χ3n) is 4.24. The molecular formula is C18H18N2O. The van der Waals surface area contributed by atoms with Crippen LogP contribution in [0.5, 0.6) is 5.75 Å². The molecule has 0 radical (unpaired) electrons. The Morgan fingerprint density at radius 1 is 1.24 bits per heavy atom. The molecule has 0 aliphatic carbocycles. The van der Waals surface area contributed by atoms with E-state index in [0.717, 1.165) is 35.4 Å². The lowest BCUT2D eigenvalue weighted by molar-refractivity contribution is 0.258. The number of benzene rings is 2. The van der Waals surface area contributed by atoms with Gasteiger partial charge in [0.25, 0.3) is 0 Å². The summed E-state index contributed by atoms with van der Waals surface area (Å²) in [5.41, 5.74) is 4.77. The van der Waals surface area contributed by atoms with Crippen LogP contribution < -0.4 is 4.74 Å². The second kappa shape index (κ2) is 4.92. The molecule has 3 aromatic rings. The largest absolute Gasteiger partial charge is 0.493 e. The van der Waals surface area contributed by atoms with E-state index in [2.05, 4.69) is 42.2 Å². The Morgan fingerprint density at radius 3 is 3.05 bits per heavy atom. The first-order chi connectivity index (χ1) is 10.3. The third-order valence-corrected chi connectivity index (χ3v) is 4.24. The van der Waals surface area contributed by atoms with Crippen LogP contribution >= 0.6 is 0 Å². The molecule has 3 heteroatoms. The van der Waals surface area contributed by atoms with Crippen molar-refractivity contribution in [3.8, 4) is 5.75 Å². The number of aryl methyl sites for hydroxylation is 1. The molecule has 0 bridgehead atoms. The van der Waals surface area contributed by atoms with E-state index in [-0.39, 0.29) is 0 Å². The van der Waals surface area contributed by atoms with E-state index in [1.54, 1.807) is 0 Å². The van der Waals surface area contributed by atoms with Crippen LogP contribution in [0.15, 0.2) is 42.5 Å². The number of aromatic amines is 1. The highest BCUT2D eigenvalue weighted by molar-refractivity contribution is 5.76. The summed E-state index contributed by atoms with van der Waals surface area (Å²) in [5.74, 6) is 2.35. The van der Waals surface area contributed by atoms with Gasteiger partial charge in [0.15, 0.2) is 0 Å². The molecule has 1 aliphatic heterocycles. The number of nitrogens with one attached hydrogen (secondary N) is 1. The standard InChI is InChI=1S/C18H18N2O/c1-2-12-7-8-15-16(9-12)20-18(19-15)14-10-13-5-3-4-6-17(13)21-11-14/h3-9,14H,2,10-11H2,1H3,(H,19,20). The van der Waals surface area contributed by atoms with Gasteiger partial charge in [0, 0.05) is 0 Å². The van der Waals surface area contributed by atoms with Gasteiger partial charge in [-0.2, -0.15) is 0 Å². The summed E-state index contributed by atoms with van der Waals surface area (Å²) in [6.45, 7) is 2.86. The summed E-state index contributed by atoms with van der Waals surface area (Å²) >= 11 is 0. The predicted molar refractivity (Wildman–Crippen MR) is 83.9 cm³/mol. The van der Waals surface area contributed by atoms with Gasteiger partial charge in [-0.1, -0.05) is 31.2 Å². The summed E-state index contributed by atoms with van der Waals surface area (Å²) in [6, 6.07) is 14.7. The Labute approximate surface area is 124 Å². The molecule has 4 rings (SSSR count). The van der Waals surface area contributed by atoms with Gasteiger partial charge >= 0.3 is 0 Å². The van der Waals surface area contributed by atoms with Crippen molar-refractivity contribution in [1.82, 2.24) is 9.97 Å². The molecule has 0 amide bonds. The zero-order chi connectivity index (χ0) is 14.2. The molecule has 1 N–H and O–H groups in total. The van der Waals surface area contributed by atoms with Crippen molar-refractivity contribution in [1.29, 1.82) is 0 Å². The highest BCUT2D eigenvalue weighted by Gasteiger charge is 2.23. The number of imidazole rings is 1. The third kappa shape index (κ3) is 2.19. The van der Waals surface area contributed by atoms with Gasteiger partial charge in [-0.25, -0.2) is 4.98 Å². The van der Waals surface area contributed by atoms with Gasteiger partial charge in [0.1, 0.15) is 11.6 Å². The summed E-state index contributed by atoms with van der Waals surface area (Å²) in [6.07, 6.45) is 2.03. The first-order valence-corrected chi connectivity index (χ1v) is 7.52. The molecule has 1 aromatic heterocycles. The number of ether oxygens (including phenoxy) is 1. The van der Waals surface area contributed by atoms with Crippen LogP contribution in [0.25, 0.3) is 11.0 Å². The lowest BCUT2D eigenvalue weighted by Crippen LogP contribution is -2.20. The summed E-state index contributed by atoms with van der Waals surface area (Å²) < 4.78 is 5.87. The first kappa shape index (κ1) is 12.5. The fourth-order valence-corrected chi connectivity index (χ4v) is 2.99. The Bertz CT molecular complexity index is 791. The maximum absolute atomic E-state index is 5.87. The average molecular weight is 278 g/mol. The van der Waals surface area contributed by atoms with Crippen molar-refractivity contribution in [2.45, 2.75) is 25.7 Å². The molecule has 0 saturated heterocycles. The number of para-hydroxylation sites is 1. The number of fused-ring (bicyclic) bond motifs is 2. The Hall–Kier alpha value is -2.29.